The number of ether oxygens (including phenoxy) is 1. The Morgan fingerprint density at radius 3 is 2.82 bits per heavy atom. The van der Waals surface area contributed by atoms with Gasteiger partial charge in [0.25, 0.3) is 0 Å². The molecule has 1 heterocycles. The number of benzene rings is 1. The molecule has 92 valence electrons. The SMILES string of the molecule is Cc1ccc(Br)cc1NC(=O)C1CCOCC1. The molecule has 1 N–H and O–H groups in total. The van der Waals surface area contributed by atoms with Gasteiger partial charge in [-0.25, -0.2) is 0 Å². The van der Waals surface area contributed by atoms with E-state index in [-0.39, 0.29) is 11.8 Å². The van der Waals surface area contributed by atoms with Crippen LogP contribution < -0.4 is 5.32 Å². The van der Waals surface area contributed by atoms with Crippen molar-refractivity contribution in [1.29, 1.82) is 0 Å². The number of rotatable bonds is 2. The second kappa shape index (κ2) is 5.65. The summed E-state index contributed by atoms with van der Waals surface area (Å²) in [7, 11) is 0. The zero-order valence-electron chi connectivity index (χ0n) is 9.83. The van der Waals surface area contributed by atoms with E-state index in [1.165, 1.54) is 0 Å². The number of carbonyl (C=O) groups excluding carboxylic acids is 1. The summed E-state index contributed by atoms with van der Waals surface area (Å²) in [6.45, 7) is 3.37. The van der Waals surface area contributed by atoms with E-state index in [9.17, 15) is 4.79 Å². The van der Waals surface area contributed by atoms with Crippen molar-refractivity contribution in [3.8, 4) is 0 Å². The Balaban J connectivity index is 2.04. The number of hydrogen-bond acceptors (Lipinski definition) is 2. The number of halogens is 1. The van der Waals surface area contributed by atoms with Gasteiger partial charge in [-0.15, -0.1) is 0 Å². The molecule has 1 aliphatic rings. The molecule has 0 saturated carbocycles. The minimum atomic E-state index is 0.0853. The molecule has 1 saturated heterocycles. The Morgan fingerprint density at radius 2 is 2.12 bits per heavy atom. The van der Waals surface area contributed by atoms with Crippen LogP contribution in [0.5, 0.6) is 0 Å². The molecular weight excluding hydrogens is 282 g/mol. The molecule has 1 fully saturated rings. The minimum absolute atomic E-state index is 0.0853. The maximum absolute atomic E-state index is 12.0. The first kappa shape index (κ1) is 12.6. The van der Waals surface area contributed by atoms with E-state index >= 15 is 0 Å². The average molecular weight is 298 g/mol. The highest BCUT2D eigenvalue weighted by Gasteiger charge is 2.21. The standard InChI is InChI=1S/C13H16BrNO2/c1-9-2-3-11(14)8-12(9)15-13(16)10-4-6-17-7-5-10/h2-3,8,10H,4-7H2,1H3,(H,15,16). The van der Waals surface area contributed by atoms with Crippen LogP contribution in [0.2, 0.25) is 0 Å². The van der Waals surface area contributed by atoms with E-state index in [4.69, 9.17) is 4.74 Å². The molecular formula is C13H16BrNO2. The quantitative estimate of drug-likeness (QED) is 0.911. The fourth-order valence-electron chi connectivity index (χ4n) is 1.92. The molecule has 1 amide bonds. The molecule has 0 aromatic heterocycles. The van der Waals surface area contributed by atoms with Crippen LogP contribution in [0.15, 0.2) is 22.7 Å². The van der Waals surface area contributed by atoms with Gasteiger partial charge in [0.2, 0.25) is 5.91 Å². The van der Waals surface area contributed by atoms with Crippen LogP contribution in [0.1, 0.15) is 18.4 Å². The smallest absolute Gasteiger partial charge is 0.227 e. The molecule has 0 radical (unpaired) electrons. The number of nitrogens with one attached hydrogen (secondary N) is 1. The molecule has 0 spiro atoms. The lowest BCUT2D eigenvalue weighted by Crippen LogP contribution is -2.28. The van der Waals surface area contributed by atoms with Crippen molar-refractivity contribution in [2.45, 2.75) is 19.8 Å². The molecule has 1 aromatic carbocycles. The second-order valence-corrected chi connectivity index (χ2v) is 5.25. The minimum Gasteiger partial charge on any atom is -0.381 e. The van der Waals surface area contributed by atoms with Gasteiger partial charge in [-0.3, -0.25) is 4.79 Å². The lowest BCUT2D eigenvalue weighted by Gasteiger charge is -2.21. The summed E-state index contributed by atoms with van der Waals surface area (Å²) in [6, 6.07) is 5.90. The Bertz CT molecular complexity index is 414. The molecule has 0 aliphatic carbocycles. The Labute approximate surface area is 110 Å². The number of anilines is 1. The number of hydrogen-bond donors (Lipinski definition) is 1. The lowest BCUT2D eigenvalue weighted by atomic mass is 9.99. The summed E-state index contributed by atoms with van der Waals surface area (Å²) < 4.78 is 6.23. The van der Waals surface area contributed by atoms with Crippen LogP contribution >= 0.6 is 15.9 Å². The van der Waals surface area contributed by atoms with E-state index in [0.29, 0.717) is 13.2 Å². The summed E-state index contributed by atoms with van der Waals surface area (Å²) in [6.07, 6.45) is 1.64. The van der Waals surface area contributed by atoms with Gasteiger partial charge < -0.3 is 10.1 Å². The van der Waals surface area contributed by atoms with Crippen LogP contribution in [0.4, 0.5) is 5.69 Å². The van der Waals surface area contributed by atoms with E-state index < -0.39 is 0 Å². The maximum Gasteiger partial charge on any atom is 0.227 e. The van der Waals surface area contributed by atoms with Crippen molar-refractivity contribution in [3.05, 3.63) is 28.2 Å². The van der Waals surface area contributed by atoms with Gasteiger partial charge in [-0.2, -0.15) is 0 Å². The predicted octanol–water partition coefficient (Wildman–Crippen LogP) is 3.12. The van der Waals surface area contributed by atoms with Gasteiger partial charge in [0.05, 0.1) is 0 Å². The first-order valence-corrected chi connectivity index (χ1v) is 6.61. The lowest BCUT2D eigenvalue weighted by molar-refractivity contribution is -0.122. The second-order valence-electron chi connectivity index (χ2n) is 4.34. The van der Waals surface area contributed by atoms with Gasteiger partial charge in [0.1, 0.15) is 0 Å². The number of aryl methyl sites for hydroxylation is 1. The molecule has 0 unspecified atom stereocenters. The average Bonchev–Trinajstić information content (AvgIpc) is 2.35. The highest BCUT2D eigenvalue weighted by atomic mass is 79.9. The highest BCUT2D eigenvalue weighted by molar-refractivity contribution is 9.10. The molecule has 0 bridgehead atoms. The monoisotopic (exact) mass is 297 g/mol. The summed E-state index contributed by atoms with van der Waals surface area (Å²) in [5.41, 5.74) is 1.96. The van der Waals surface area contributed by atoms with Crippen LogP contribution in [0.25, 0.3) is 0 Å². The first-order chi connectivity index (χ1) is 8.16. The summed E-state index contributed by atoms with van der Waals surface area (Å²) in [5.74, 6) is 0.191. The highest BCUT2D eigenvalue weighted by Crippen LogP contribution is 2.23. The van der Waals surface area contributed by atoms with Crippen LogP contribution in [-0.2, 0) is 9.53 Å². The zero-order chi connectivity index (χ0) is 12.3. The van der Waals surface area contributed by atoms with E-state index in [1.54, 1.807) is 0 Å². The normalized spacial score (nSPS) is 16.8. The van der Waals surface area contributed by atoms with Crippen molar-refractivity contribution in [3.63, 3.8) is 0 Å². The molecule has 4 heteroatoms. The van der Waals surface area contributed by atoms with Crippen molar-refractivity contribution in [1.82, 2.24) is 0 Å². The van der Waals surface area contributed by atoms with Gasteiger partial charge >= 0.3 is 0 Å². The van der Waals surface area contributed by atoms with Crippen molar-refractivity contribution in [2.75, 3.05) is 18.5 Å². The summed E-state index contributed by atoms with van der Waals surface area (Å²) in [4.78, 5) is 12.0. The third-order valence-electron chi connectivity index (χ3n) is 3.05. The number of amides is 1. The Morgan fingerprint density at radius 1 is 1.41 bits per heavy atom. The van der Waals surface area contributed by atoms with Gasteiger partial charge in [-0.1, -0.05) is 22.0 Å². The van der Waals surface area contributed by atoms with Gasteiger partial charge in [0, 0.05) is 29.3 Å². The van der Waals surface area contributed by atoms with Gasteiger partial charge in [-0.05, 0) is 37.5 Å². The fraction of sp³-hybridized carbons (Fsp3) is 0.462. The third kappa shape index (κ3) is 3.30. The maximum atomic E-state index is 12.0. The molecule has 1 aliphatic heterocycles. The van der Waals surface area contributed by atoms with E-state index in [1.807, 2.05) is 25.1 Å². The molecule has 2 rings (SSSR count). The van der Waals surface area contributed by atoms with E-state index in [0.717, 1.165) is 28.6 Å². The van der Waals surface area contributed by atoms with E-state index in [2.05, 4.69) is 21.2 Å². The molecule has 1 aromatic rings. The van der Waals surface area contributed by atoms with Gasteiger partial charge in [0.15, 0.2) is 0 Å². The van der Waals surface area contributed by atoms with Crippen molar-refractivity contribution >= 4 is 27.5 Å². The number of carbonyl (C=O) groups is 1. The predicted molar refractivity (Wildman–Crippen MR) is 71.1 cm³/mol. The fourth-order valence-corrected chi connectivity index (χ4v) is 2.28. The van der Waals surface area contributed by atoms with Crippen molar-refractivity contribution in [2.24, 2.45) is 5.92 Å². The van der Waals surface area contributed by atoms with Crippen LogP contribution in [0.3, 0.4) is 0 Å². The van der Waals surface area contributed by atoms with Crippen molar-refractivity contribution < 1.29 is 9.53 Å². The summed E-state index contributed by atoms with van der Waals surface area (Å²) in [5, 5.41) is 3.00. The third-order valence-corrected chi connectivity index (χ3v) is 3.54. The topological polar surface area (TPSA) is 38.3 Å². The zero-order valence-corrected chi connectivity index (χ0v) is 11.4. The Hall–Kier alpha value is -0.870. The Kier molecular flexibility index (Phi) is 4.18. The summed E-state index contributed by atoms with van der Waals surface area (Å²) >= 11 is 3.41. The largest absolute Gasteiger partial charge is 0.381 e. The van der Waals surface area contributed by atoms with Crippen LogP contribution in [0, 0.1) is 12.8 Å². The first-order valence-electron chi connectivity index (χ1n) is 5.81. The molecule has 0 atom stereocenters. The molecule has 17 heavy (non-hydrogen) atoms. The van der Waals surface area contributed by atoms with Crippen LogP contribution in [-0.4, -0.2) is 19.1 Å². The molecule has 3 nitrogen and oxygen atoms in total.